The van der Waals surface area contributed by atoms with Crippen LogP contribution in [0, 0.1) is 17.9 Å². The molecule has 185 valence electrons. The Hall–Kier alpha value is -2.75. The Bertz CT molecular complexity index is 1360. The van der Waals surface area contributed by atoms with E-state index in [4.69, 9.17) is 4.42 Å². The SMILES string of the molecule is CCC(CC)C(=[OH+])/C=C(\O)C(CC)CC.[Ir].[c-]1ccc2oc3cccc4c5cccnc5c1c2c34. The molecule has 0 bridgehead atoms. The quantitative estimate of drug-likeness (QED) is 0.0635. The van der Waals surface area contributed by atoms with Crippen molar-refractivity contribution in [3.8, 4) is 0 Å². The number of aliphatic hydroxyl groups is 1. The smallest absolute Gasteiger partial charge is 0.322 e. The van der Waals surface area contributed by atoms with E-state index in [2.05, 4.69) is 23.2 Å². The van der Waals surface area contributed by atoms with Gasteiger partial charge in [0, 0.05) is 32.2 Å². The van der Waals surface area contributed by atoms with Crippen LogP contribution in [-0.4, -0.2) is 20.7 Å². The number of carbonyl (C=O) groups excluding carboxylic acids is 1. The number of allylic oxidation sites excluding steroid dienone is 2. The van der Waals surface area contributed by atoms with Gasteiger partial charge >= 0.3 is 5.78 Å². The van der Waals surface area contributed by atoms with Gasteiger partial charge in [0.25, 0.3) is 0 Å². The largest absolute Gasteiger partial charge is 0.512 e. The van der Waals surface area contributed by atoms with Gasteiger partial charge in [0.1, 0.15) is 11.3 Å². The van der Waals surface area contributed by atoms with E-state index in [-0.39, 0.29) is 31.9 Å². The molecule has 0 unspecified atom stereocenters. The van der Waals surface area contributed by atoms with E-state index >= 15 is 0 Å². The number of furan rings is 1. The zero-order valence-corrected chi connectivity index (χ0v) is 23.2. The molecule has 1 radical (unpaired) electrons. The third-order valence-electron chi connectivity index (χ3n) is 6.89. The predicted molar refractivity (Wildman–Crippen MR) is 142 cm³/mol. The first kappa shape index (κ1) is 26.8. The molecule has 0 saturated carbocycles. The first-order valence-electron chi connectivity index (χ1n) is 12.3. The molecule has 2 N–H and O–H groups in total. The number of ketones is 1. The second kappa shape index (κ2) is 11.8. The first-order chi connectivity index (χ1) is 16.5. The number of nitrogens with zero attached hydrogens (tertiary/aromatic N) is 1. The van der Waals surface area contributed by atoms with Crippen LogP contribution in [0.3, 0.4) is 0 Å². The molecule has 2 aromatic heterocycles. The van der Waals surface area contributed by atoms with Crippen molar-refractivity contribution in [1.82, 2.24) is 4.98 Å². The molecule has 0 saturated heterocycles. The summed E-state index contributed by atoms with van der Waals surface area (Å²) in [5, 5.41) is 15.5. The third kappa shape index (κ3) is 5.12. The predicted octanol–water partition coefficient (Wildman–Crippen LogP) is 8.37. The van der Waals surface area contributed by atoms with E-state index in [1.807, 2.05) is 64.2 Å². The number of hydrogen-bond acceptors (Lipinski definition) is 3. The molecule has 4 nitrogen and oxygen atoms in total. The van der Waals surface area contributed by atoms with E-state index < -0.39 is 0 Å². The van der Waals surface area contributed by atoms with E-state index in [0.29, 0.717) is 11.5 Å². The second-order valence-electron chi connectivity index (χ2n) is 8.79. The number of benzene rings is 3. The zero-order valence-electron chi connectivity index (χ0n) is 20.8. The average molecular weight is 648 g/mol. The number of aliphatic hydroxyl groups excluding tert-OH is 1. The summed E-state index contributed by atoms with van der Waals surface area (Å²) in [4.78, 5) is 14.3. The van der Waals surface area contributed by atoms with Gasteiger partial charge in [-0.05, 0) is 59.5 Å². The molecule has 35 heavy (non-hydrogen) atoms. The molecule has 2 heterocycles. The second-order valence-corrected chi connectivity index (χ2v) is 8.79. The van der Waals surface area contributed by atoms with Gasteiger partial charge in [0.2, 0.25) is 0 Å². The Morgan fingerprint density at radius 2 is 1.60 bits per heavy atom. The first-order valence-corrected chi connectivity index (χ1v) is 12.3. The fourth-order valence-electron chi connectivity index (χ4n) is 4.84. The van der Waals surface area contributed by atoms with Gasteiger partial charge < -0.3 is 14.5 Å². The standard InChI is InChI=1S/C17H8NO.C13H24O2.Ir/c1-4-10-11-6-3-9-18-17(11)12-5-2-8-14-16(12)15(10)13(7-1)19-14;1-5-10(6-2)12(14)9-13(15)11(7-3)8-4;/h1-4,6-9H;9-11,14H,5-8H2,1-4H3;/q-1;;/p+1/b;12-9-;. The summed E-state index contributed by atoms with van der Waals surface area (Å²) in [6, 6.07) is 17.5. The third-order valence-corrected chi connectivity index (χ3v) is 6.89. The maximum Gasteiger partial charge on any atom is 0.322 e. The van der Waals surface area contributed by atoms with Crippen molar-refractivity contribution in [3.63, 3.8) is 0 Å². The maximum atomic E-state index is 9.80. The Morgan fingerprint density at radius 3 is 2.29 bits per heavy atom. The molecule has 0 aliphatic rings. The van der Waals surface area contributed by atoms with Crippen molar-refractivity contribution in [1.29, 1.82) is 0 Å². The number of hydrogen-bond donors (Lipinski definition) is 1. The van der Waals surface area contributed by atoms with Crippen molar-refractivity contribution in [2.75, 3.05) is 0 Å². The summed E-state index contributed by atoms with van der Waals surface area (Å²) in [6.45, 7) is 8.19. The van der Waals surface area contributed by atoms with E-state index in [1.54, 1.807) is 6.08 Å². The number of aromatic nitrogens is 1. The Balaban J connectivity index is 0.000000198. The van der Waals surface area contributed by atoms with Gasteiger partial charge in [-0.2, -0.15) is 0 Å². The van der Waals surface area contributed by atoms with Crippen LogP contribution in [0.15, 0.2) is 64.9 Å². The van der Waals surface area contributed by atoms with E-state index in [0.717, 1.165) is 58.5 Å². The molecule has 5 aromatic rings. The molecule has 5 rings (SSSR count). The zero-order chi connectivity index (χ0) is 24.2. The van der Waals surface area contributed by atoms with Crippen LogP contribution in [0.2, 0.25) is 0 Å². The molecule has 0 spiro atoms. The maximum absolute atomic E-state index is 9.80. The molecular formula is C30H33IrNO3. The molecule has 3 aromatic carbocycles. The van der Waals surface area contributed by atoms with Gasteiger partial charge in [0.05, 0.1) is 17.6 Å². The summed E-state index contributed by atoms with van der Waals surface area (Å²) in [6.07, 6.45) is 7.03. The minimum absolute atomic E-state index is 0. The van der Waals surface area contributed by atoms with Crippen molar-refractivity contribution in [2.45, 2.75) is 53.4 Å². The van der Waals surface area contributed by atoms with Gasteiger partial charge in [-0.25, -0.2) is 0 Å². The van der Waals surface area contributed by atoms with E-state index in [1.165, 1.54) is 10.8 Å². The van der Waals surface area contributed by atoms with Gasteiger partial charge in [-0.15, -0.1) is 17.5 Å². The number of pyridine rings is 1. The fourth-order valence-corrected chi connectivity index (χ4v) is 4.84. The van der Waals surface area contributed by atoms with Crippen LogP contribution >= 0.6 is 0 Å². The van der Waals surface area contributed by atoms with Gasteiger partial charge in [0.15, 0.2) is 0 Å². The Morgan fingerprint density at radius 1 is 0.943 bits per heavy atom. The van der Waals surface area contributed by atoms with Crippen LogP contribution in [0.5, 0.6) is 0 Å². The Labute approximate surface area is 220 Å². The van der Waals surface area contributed by atoms with Gasteiger partial charge in [-0.1, -0.05) is 57.3 Å². The Kier molecular flexibility index (Phi) is 9.04. The number of fused-ring (bicyclic) bond motifs is 3. The van der Waals surface area contributed by atoms with Crippen molar-refractivity contribution in [2.24, 2.45) is 11.8 Å². The topological polar surface area (TPSA) is 67.7 Å². The van der Waals surface area contributed by atoms with Gasteiger partial charge in [-0.3, -0.25) is 4.79 Å². The molecule has 0 atom stereocenters. The minimum atomic E-state index is 0. The van der Waals surface area contributed by atoms with Crippen molar-refractivity contribution >= 4 is 49.4 Å². The van der Waals surface area contributed by atoms with Crippen molar-refractivity contribution < 1.29 is 34.4 Å². The molecule has 5 heteroatoms. The summed E-state index contributed by atoms with van der Waals surface area (Å²) in [5.41, 5.74) is 2.84. The number of rotatable bonds is 7. The summed E-state index contributed by atoms with van der Waals surface area (Å²) >= 11 is 0. The molecular weight excluding hydrogens is 615 g/mol. The van der Waals surface area contributed by atoms with Crippen molar-refractivity contribution in [3.05, 3.63) is 66.6 Å². The average Bonchev–Trinajstić information content (AvgIpc) is 3.25. The minimum Gasteiger partial charge on any atom is -0.512 e. The normalized spacial score (nSPS) is 12.0. The molecule has 0 amide bonds. The molecule has 0 aliphatic carbocycles. The van der Waals surface area contributed by atoms with Crippen LogP contribution in [-0.2, 0) is 20.1 Å². The molecule has 0 fully saturated rings. The summed E-state index contributed by atoms with van der Waals surface area (Å²) in [5.74, 6) is 1.01. The summed E-state index contributed by atoms with van der Waals surface area (Å²) in [7, 11) is 0. The van der Waals surface area contributed by atoms with Crippen LogP contribution < -0.4 is 0 Å². The van der Waals surface area contributed by atoms with Crippen LogP contribution in [0.4, 0.5) is 0 Å². The monoisotopic (exact) mass is 648 g/mol. The molecule has 0 aliphatic heterocycles. The van der Waals surface area contributed by atoms with Crippen LogP contribution in [0.25, 0.3) is 43.6 Å². The fraction of sp³-hybridized carbons (Fsp3) is 0.333. The van der Waals surface area contributed by atoms with E-state index in [9.17, 15) is 9.90 Å². The van der Waals surface area contributed by atoms with Crippen LogP contribution in [0.1, 0.15) is 53.4 Å². The summed E-state index contributed by atoms with van der Waals surface area (Å²) < 4.78 is 5.94.